The van der Waals surface area contributed by atoms with Crippen molar-refractivity contribution in [3.05, 3.63) is 77.6 Å². The van der Waals surface area contributed by atoms with Crippen molar-refractivity contribution in [2.45, 2.75) is 44.6 Å². The molecule has 0 bridgehead atoms. The minimum atomic E-state index is -0.712. The van der Waals surface area contributed by atoms with Gasteiger partial charge in [-0.3, -0.25) is 9.59 Å². The van der Waals surface area contributed by atoms with Crippen LogP contribution in [0.25, 0.3) is 6.08 Å². The van der Waals surface area contributed by atoms with Crippen molar-refractivity contribution >= 4 is 17.9 Å². The number of halogens is 1. The fourth-order valence-electron chi connectivity index (χ4n) is 5.02. The Bertz CT molecular complexity index is 945. The van der Waals surface area contributed by atoms with Gasteiger partial charge in [0.05, 0.1) is 0 Å². The molecule has 2 amide bonds. The van der Waals surface area contributed by atoms with Gasteiger partial charge in [0.25, 0.3) is 5.91 Å². The molecule has 4 nitrogen and oxygen atoms in total. The second-order valence-electron chi connectivity index (χ2n) is 8.84. The molecule has 0 aliphatic carbocycles. The Morgan fingerprint density at radius 1 is 0.969 bits per heavy atom. The molecule has 4 rings (SSSR count). The molecular weight excluding hydrogens is 403 g/mol. The number of amides is 2. The first-order valence-corrected chi connectivity index (χ1v) is 11.7. The number of hydrogen-bond donors (Lipinski definition) is 0. The second-order valence-corrected chi connectivity index (χ2v) is 8.84. The average Bonchev–Trinajstić information content (AvgIpc) is 2.84. The Kier molecular flexibility index (Phi) is 7.35. The normalized spacial score (nSPS) is 21.2. The number of aryl methyl sites for hydroxylation is 1. The third kappa shape index (κ3) is 5.45. The van der Waals surface area contributed by atoms with Crippen molar-refractivity contribution in [3.8, 4) is 0 Å². The summed E-state index contributed by atoms with van der Waals surface area (Å²) in [4.78, 5) is 29.3. The summed E-state index contributed by atoms with van der Waals surface area (Å²) < 4.78 is 14.7. The summed E-state index contributed by atoms with van der Waals surface area (Å²) in [7, 11) is 0. The highest BCUT2D eigenvalue weighted by Crippen LogP contribution is 2.32. The monoisotopic (exact) mass is 434 g/mol. The van der Waals surface area contributed by atoms with Crippen LogP contribution in [0.4, 0.5) is 4.39 Å². The van der Waals surface area contributed by atoms with Crippen LogP contribution < -0.4 is 0 Å². The molecule has 5 heteroatoms. The third-order valence-electron chi connectivity index (χ3n) is 6.68. The summed E-state index contributed by atoms with van der Waals surface area (Å²) in [5.41, 5.74) is 1.94. The molecule has 2 aromatic rings. The zero-order valence-corrected chi connectivity index (χ0v) is 18.5. The fourth-order valence-corrected chi connectivity index (χ4v) is 5.02. The zero-order chi connectivity index (χ0) is 22.3. The number of fused-ring (bicyclic) bond motifs is 1. The number of carbonyl (C=O) groups is 2. The molecule has 0 unspecified atom stereocenters. The third-order valence-corrected chi connectivity index (χ3v) is 6.68. The maximum atomic E-state index is 14.7. The van der Waals surface area contributed by atoms with E-state index in [4.69, 9.17) is 0 Å². The van der Waals surface area contributed by atoms with Crippen LogP contribution in [0.15, 0.2) is 66.5 Å². The van der Waals surface area contributed by atoms with Crippen LogP contribution in [-0.4, -0.2) is 47.3 Å². The molecule has 2 saturated heterocycles. The molecule has 2 atom stereocenters. The van der Waals surface area contributed by atoms with E-state index in [-0.39, 0.29) is 17.9 Å². The molecule has 32 heavy (non-hydrogen) atoms. The molecule has 0 radical (unpaired) electrons. The molecule has 2 aliphatic rings. The number of rotatable bonds is 6. The minimum Gasteiger partial charge on any atom is -0.342 e. The lowest BCUT2D eigenvalue weighted by atomic mass is 9.83. The van der Waals surface area contributed by atoms with Crippen molar-refractivity contribution in [1.29, 1.82) is 0 Å². The van der Waals surface area contributed by atoms with Crippen LogP contribution in [0.3, 0.4) is 0 Å². The van der Waals surface area contributed by atoms with Crippen molar-refractivity contribution in [2.75, 3.05) is 19.6 Å². The van der Waals surface area contributed by atoms with Gasteiger partial charge in [0.2, 0.25) is 5.91 Å². The van der Waals surface area contributed by atoms with E-state index in [9.17, 15) is 14.0 Å². The van der Waals surface area contributed by atoms with Gasteiger partial charge in [-0.15, -0.1) is 0 Å². The molecule has 0 saturated carbocycles. The van der Waals surface area contributed by atoms with E-state index < -0.39 is 11.7 Å². The van der Waals surface area contributed by atoms with E-state index in [1.54, 1.807) is 17.0 Å². The number of likely N-dealkylation sites (tertiary alicyclic amines) is 2. The van der Waals surface area contributed by atoms with E-state index in [0.29, 0.717) is 31.6 Å². The number of carbonyl (C=O) groups excluding carboxylic acids is 2. The molecule has 168 valence electrons. The zero-order valence-electron chi connectivity index (χ0n) is 18.5. The van der Waals surface area contributed by atoms with Gasteiger partial charge >= 0.3 is 0 Å². The summed E-state index contributed by atoms with van der Waals surface area (Å²) >= 11 is 0. The first-order valence-electron chi connectivity index (χ1n) is 11.7. The van der Waals surface area contributed by atoms with Gasteiger partial charge in [-0.2, -0.15) is 0 Å². The van der Waals surface area contributed by atoms with Gasteiger partial charge < -0.3 is 9.80 Å². The van der Waals surface area contributed by atoms with E-state index in [2.05, 4.69) is 12.1 Å². The Morgan fingerprint density at radius 2 is 1.69 bits per heavy atom. The standard InChI is InChI=1S/C27H31FN2O2/c28-24(19-22-11-5-2-6-12-22)27(32)30-17-8-14-23-20-29(18-16-25(23)30)26(31)15-7-13-21-9-3-1-4-10-21/h1-6,9-12,19,23,25H,7-8,13-18,20H2/b24-19-/t23-,25+/m1/s1. The van der Waals surface area contributed by atoms with Crippen LogP contribution in [-0.2, 0) is 16.0 Å². The predicted molar refractivity (Wildman–Crippen MR) is 124 cm³/mol. The van der Waals surface area contributed by atoms with Gasteiger partial charge in [-0.05, 0) is 55.2 Å². The largest absolute Gasteiger partial charge is 0.342 e. The van der Waals surface area contributed by atoms with Gasteiger partial charge in [-0.25, -0.2) is 4.39 Å². The van der Waals surface area contributed by atoms with Gasteiger partial charge in [-0.1, -0.05) is 60.7 Å². The van der Waals surface area contributed by atoms with E-state index in [0.717, 1.165) is 32.1 Å². The summed E-state index contributed by atoms with van der Waals surface area (Å²) in [5, 5.41) is 0. The second kappa shape index (κ2) is 10.6. The topological polar surface area (TPSA) is 40.6 Å². The van der Waals surface area contributed by atoms with Crippen molar-refractivity contribution in [2.24, 2.45) is 5.92 Å². The minimum absolute atomic E-state index is 0.0135. The maximum Gasteiger partial charge on any atom is 0.282 e. The molecule has 2 heterocycles. The highest BCUT2D eigenvalue weighted by Gasteiger charge is 2.39. The molecular formula is C27H31FN2O2. The van der Waals surface area contributed by atoms with Crippen molar-refractivity contribution in [3.63, 3.8) is 0 Å². The summed E-state index contributed by atoms with van der Waals surface area (Å²) in [6.45, 7) is 1.89. The fraction of sp³-hybridized carbons (Fsp3) is 0.407. The average molecular weight is 435 g/mol. The van der Waals surface area contributed by atoms with E-state index >= 15 is 0 Å². The number of piperidine rings is 2. The molecule has 2 aromatic carbocycles. The van der Waals surface area contributed by atoms with E-state index in [1.807, 2.05) is 41.3 Å². The lowest BCUT2D eigenvalue weighted by Gasteiger charge is -2.47. The van der Waals surface area contributed by atoms with Gasteiger partial charge in [0, 0.05) is 32.1 Å². The van der Waals surface area contributed by atoms with Crippen molar-refractivity contribution < 1.29 is 14.0 Å². The van der Waals surface area contributed by atoms with Crippen LogP contribution in [0.5, 0.6) is 0 Å². The smallest absolute Gasteiger partial charge is 0.282 e. The summed E-state index contributed by atoms with van der Waals surface area (Å²) in [5.74, 6) is -0.815. The molecule has 2 fully saturated rings. The van der Waals surface area contributed by atoms with Crippen LogP contribution in [0, 0.1) is 5.92 Å². The molecule has 0 spiro atoms. The number of benzene rings is 2. The molecule has 0 aromatic heterocycles. The Hall–Kier alpha value is -2.95. The van der Waals surface area contributed by atoms with Crippen LogP contribution in [0.2, 0.25) is 0 Å². The Morgan fingerprint density at radius 3 is 2.44 bits per heavy atom. The Labute approximate surface area is 189 Å². The maximum absolute atomic E-state index is 14.7. The predicted octanol–water partition coefficient (Wildman–Crippen LogP) is 4.86. The molecule has 2 aliphatic heterocycles. The van der Waals surface area contributed by atoms with Crippen molar-refractivity contribution in [1.82, 2.24) is 9.80 Å². The first-order chi connectivity index (χ1) is 15.6. The Balaban J connectivity index is 1.32. The SMILES string of the molecule is O=C(CCCc1ccccc1)N1CC[C@H]2[C@H](CCCN2C(=O)/C(F)=C/c2ccccc2)C1. The number of nitrogens with zero attached hydrogens (tertiary/aromatic N) is 2. The lowest BCUT2D eigenvalue weighted by Crippen LogP contribution is -2.56. The lowest BCUT2D eigenvalue weighted by molar-refractivity contribution is -0.140. The first kappa shape index (κ1) is 22.3. The van der Waals surface area contributed by atoms with Crippen LogP contribution >= 0.6 is 0 Å². The quantitative estimate of drug-likeness (QED) is 0.609. The highest BCUT2D eigenvalue weighted by atomic mass is 19.1. The van der Waals surface area contributed by atoms with Gasteiger partial charge in [0.15, 0.2) is 5.83 Å². The van der Waals surface area contributed by atoms with Gasteiger partial charge in [0.1, 0.15) is 0 Å². The van der Waals surface area contributed by atoms with Crippen LogP contribution in [0.1, 0.15) is 43.2 Å². The number of hydrogen-bond acceptors (Lipinski definition) is 2. The van der Waals surface area contributed by atoms with E-state index in [1.165, 1.54) is 11.6 Å². The highest BCUT2D eigenvalue weighted by molar-refractivity contribution is 5.95. The molecule has 0 N–H and O–H groups in total. The summed E-state index contributed by atoms with van der Waals surface area (Å²) in [6.07, 6.45) is 6.16. The summed E-state index contributed by atoms with van der Waals surface area (Å²) in [6, 6.07) is 19.3.